The van der Waals surface area contributed by atoms with Crippen molar-refractivity contribution in [2.75, 3.05) is 6.61 Å². The number of rotatable bonds is 7. The molecule has 1 aromatic rings. The van der Waals surface area contributed by atoms with E-state index >= 15 is 0 Å². The van der Waals surface area contributed by atoms with E-state index < -0.39 is 0 Å². The molecule has 1 heterocycles. The predicted octanol–water partition coefficient (Wildman–Crippen LogP) is 2.40. The molecule has 0 aromatic carbocycles. The molecule has 19 heavy (non-hydrogen) atoms. The van der Waals surface area contributed by atoms with Crippen LogP contribution in [0.25, 0.3) is 0 Å². The van der Waals surface area contributed by atoms with Gasteiger partial charge in [0, 0.05) is 28.7 Å². The molecular formula is C14H25N3OS. The van der Waals surface area contributed by atoms with Gasteiger partial charge in [-0.1, -0.05) is 32.5 Å². The molecule has 0 radical (unpaired) electrons. The van der Waals surface area contributed by atoms with Gasteiger partial charge in [0.05, 0.1) is 6.61 Å². The average molecular weight is 283 g/mol. The predicted molar refractivity (Wildman–Crippen MR) is 80.5 cm³/mol. The molecule has 108 valence electrons. The van der Waals surface area contributed by atoms with Crippen LogP contribution in [0.15, 0.2) is 17.4 Å². The summed E-state index contributed by atoms with van der Waals surface area (Å²) in [6.07, 6.45) is 2.65. The Labute approximate surface area is 120 Å². The fraction of sp³-hybridized carbons (Fsp3) is 0.714. The van der Waals surface area contributed by atoms with E-state index in [2.05, 4.69) is 43.0 Å². The number of hydrogen-bond donors (Lipinski definition) is 2. The second kappa shape index (κ2) is 7.22. The molecular weight excluding hydrogens is 258 g/mol. The smallest absolute Gasteiger partial charge is 0.187 e. The van der Waals surface area contributed by atoms with Gasteiger partial charge >= 0.3 is 0 Å². The van der Waals surface area contributed by atoms with Crippen LogP contribution >= 0.6 is 11.8 Å². The highest BCUT2D eigenvalue weighted by Crippen LogP contribution is 2.26. The second-order valence-corrected chi connectivity index (χ2v) is 7.04. The molecule has 2 unspecified atom stereocenters. The molecule has 1 aromatic heterocycles. The van der Waals surface area contributed by atoms with Crippen molar-refractivity contribution in [3.8, 4) is 0 Å². The Bertz CT molecular complexity index is 400. The largest absolute Gasteiger partial charge is 0.394 e. The summed E-state index contributed by atoms with van der Waals surface area (Å²) in [6, 6.07) is 2.25. The first-order valence-corrected chi connectivity index (χ1v) is 7.57. The van der Waals surface area contributed by atoms with Gasteiger partial charge < -0.3 is 10.4 Å². The van der Waals surface area contributed by atoms with Crippen LogP contribution in [0, 0.1) is 6.92 Å². The van der Waals surface area contributed by atoms with Crippen molar-refractivity contribution in [3.63, 3.8) is 0 Å². The first-order valence-electron chi connectivity index (χ1n) is 6.69. The van der Waals surface area contributed by atoms with Crippen LogP contribution in [-0.4, -0.2) is 38.5 Å². The molecule has 2 atom stereocenters. The van der Waals surface area contributed by atoms with E-state index in [4.69, 9.17) is 0 Å². The van der Waals surface area contributed by atoms with Crippen molar-refractivity contribution >= 4 is 11.8 Å². The minimum Gasteiger partial charge on any atom is -0.394 e. The van der Waals surface area contributed by atoms with Gasteiger partial charge in [-0.25, -0.2) is 9.97 Å². The van der Waals surface area contributed by atoms with Gasteiger partial charge in [-0.05, 0) is 26.3 Å². The number of nitrogens with one attached hydrogen (secondary N) is 1. The van der Waals surface area contributed by atoms with E-state index in [0.717, 1.165) is 17.3 Å². The number of aromatic nitrogens is 2. The van der Waals surface area contributed by atoms with Crippen molar-refractivity contribution in [2.24, 2.45) is 0 Å². The van der Waals surface area contributed by atoms with Gasteiger partial charge in [0.25, 0.3) is 0 Å². The van der Waals surface area contributed by atoms with E-state index in [9.17, 15) is 5.11 Å². The lowest BCUT2D eigenvalue weighted by atomic mass is 9.96. The molecule has 0 aliphatic heterocycles. The van der Waals surface area contributed by atoms with Crippen molar-refractivity contribution < 1.29 is 5.11 Å². The Morgan fingerprint density at radius 3 is 2.63 bits per heavy atom. The number of thioether (sulfide) groups is 1. The van der Waals surface area contributed by atoms with Gasteiger partial charge in [0.2, 0.25) is 0 Å². The van der Waals surface area contributed by atoms with Crippen LogP contribution in [0.3, 0.4) is 0 Å². The zero-order chi connectivity index (χ0) is 14.5. The Morgan fingerprint density at radius 1 is 1.42 bits per heavy atom. The third-order valence-corrected chi connectivity index (χ3v) is 3.78. The summed E-state index contributed by atoms with van der Waals surface area (Å²) < 4.78 is 0. The number of aliphatic hydroxyl groups excluding tert-OH is 1. The summed E-state index contributed by atoms with van der Waals surface area (Å²) in [5.74, 6) is 0. The van der Waals surface area contributed by atoms with E-state index in [1.807, 2.05) is 13.0 Å². The monoisotopic (exact) mass is 283 g/mol. The molecule has 0 fully saturated rings. The second-order valence-electron chi connectivity index (χ2n) is 5.63. The quantitative estimate of drug-likeness (QED) is 0.594. The van der Waals surface area contributed by atoms with Gasteiger partial charge in [-0.15, -0.1) is 0 Å². The van der Waals surface area contributed by atoms with Crippen molar-refractivity contribution in [1.82, 2.24) is 15.3 Å². The third kappa shape index (κ3) is 5.89. The van der Waals surface area contributed by atoms with Crippen molar-refractivity contribution in [3.05, 3.63) is 18.0 Å². The fourth-order valence-corrected chi connectivity index (χ4v) is 3.33. The topological polar surface area (TPSA) is 58.0 Å². The zero-order valence-corrected chi connectivity index (χ0v) is 13.3. The van der Waals surface area contributed by atoms with Gasteiger partial charge in [0.1, 0.15) is 0 Å². The maximum atomic E-state index is 9.59. The Kier molecular flexibility index (Phi) is 6.23. The van der Waals surface area contributed by atoms with Crippen LogP contribution in [0.5, 0.6) is 0 Å². The lowest BCUT2D eigenvalue weighted by Gasteiger charge is -2.33. The summed E-state index contributed by atoms with van der Waals surface area (Å²) in [7, 11) is 0. The summed E-state index contributed by atoms with van der Waals surface area (Å²) in [5.41, 5.74) is 0.722. The van der Waals surface area contributed by atoms with Crippen molar-refractivity contribution in [1.29, 1.82) is 0 Å². The Hall–Kier alpha value is -0.650. The maximum Gasteiger partial charge on any atom is 0.187 e. The molecule has 0 aliphatic carbocycles. The molecule has 0 aliphatic rings. The number of aliphatic hydroxyl groups is 1. The molecule has 5 heteroatoms. The number of hydrogen-bond acceptors (Lipinski definition) is 5. The normalized spacial score (nSPS) is 16.4. The molecule has 0 bridgehead atoms. The molecule has 4 nitrogen and oxygen atoms in total. The fourth-order valence-electron chi connectivity index (χ4n) is 2.20. The molecule has 0 saturated heterocycles. The minimum absolute atomic E-state index is 0.130. The van der Waals surface area contributed by atoms with Crippen LogP contribution in [-0.2, 0) is 0 Å². The van der Waals surface area contributed by atoms with E-state index in [1.165, 1.54) is 0 Å². The SMILES string of the molecule is Cc1ccnc(SC(C)CC(C)(CO)NC(C)C)n1. The molecule has 0 spiro atoms. The molecule has 0 amide bonds. The maximum absolute atomic E-state index is 9.59. The van der Waals surface area contributed by atoms with Crippen LogP contribution in [0.2, 0.25) is 0 Å². The van der Waals surface area contributed by atoms with E-state index in [1.54, 1.807) is 18.0 Å². The van der Waals surface area contributed by atoms with Crippen molar-refractivity contribution in [2.45, 2.75) is 63.0 Å². The van der Waals surface area contributed by atoms with Gasteiger partial charge in [0.15, 0.2) is 5.16 Å². The highest BCUT2D eigenvalue weighted by molar-refractivity contribution is 7.99. The average Bonchev–Trinajstić information content (AvgIpc) is 2.27. The third-order valence-electron chi connectivity index (χ3n) is 2.80. The highest BCUT2D eigenvalue weighted by Gasteiger charge is 2.27. The first kappa shape index (κ1) is 16.4. The molecule has 2 N–H and O–H groups in total. The number of nitrogens with zero attached hydrogens (tertiary/aromatic N) is 2. The molecule has 1 rings (SSSR count). The van der Waals surface area contributed by atoms with E-state index in [0.29, 0.717) is 11.3 Å². The van der Waals surface area contributed by atoms with Crippen LogP contribution < -0.4 is 5.32 Å². The summed E-state index contributed by atoms with van der Waals surface area (Å²) >= 11 is 1.65. The lowest BCUT2D eigenvalue weighted by Crippen LogP contribution is -2.50. The van der Waals surface area contributed by atoms with Crippen LogP contribution in [0.1, 0.15) is 39.8 Å². The Balaban J connectivity index is 2.60. The first-order chi connectivity index (χ1) is 8.84. The standard InChI is InChI=1S/C14H25N3OS/c1-10(2)17-14(5,9-18)8-12(4)19-13-15-7-6-11(3)16-13/h6-7,10,12,17-18H,8-9H2,1-5H3. The van der Waals surface area contributed by atoms with Gasteiger partial charge in [-0.2, -0.15) is 0 Å². The zero-order valence-electron chi connectivity index (χ0n) is 12.5. The lowest BCUT2D eigenvalue weighted by molar-refractivity contribution is 0.157. The van der Waals surface area contributed by atoms with Crippen LogP contribution in [0.4, 0.5) is 0 Å². The molecule has 0 saturated carbocycles. The highest BCUT2D eigenvalue weighted by atomic mass is 32.2. The summed E-state index contributed by atoms with van der Waals surface area (Å²) in [4.78, 5) is 8.66. The minimum atomic E-state index is -0.260. The summed E-state index contributed by atoms with van der Waals surface area (Å²) in [5, 5.41) is 14.2. The summed E-state index contributed by atoms with van der Waals surface area (Å²) in [6.45, 7) is 10.5. The number of aryl methyl sites for hydroxylation is 1. The van der Waals surface area contributed by atoms with Gasteiger partial charge in [-0.3, -0.25) is 0 Å². The van der Waals surface area contributed by atoms with E-state index in [-0.39, 0.29) is 12.1 Å². The Morgan fingerprint density at radius 2 is 2.11 bits per heavy atom.